The van der Waals surface area contributed by atoms with Crippen molar-refractivity contribution in [1.29, 1.82) is 0 Å². The molecular formula is C12H20Si. The van der Waals surface area contributed by atoms with Gasteiger partial charge in [0.25, 0.3) is 0 Å². The molecule has 0 aliphatic carbocycles. The molecule has 0 aromatic heterocycles. The average molecular weight is 192 g/mol. The normalized spacial score (nSPS) is 12.4. The summed E-state index contributed by atoms with van der Waals surface area (Å²) in [5.74, 6) is 3.09. The number of allylic oxidation sites excluding steroid dienone is 3. The van der Waals surface area contributed by atoms with E-state index in [9.17, 15) is 0 Å². The Balaban J connectivity index is 4.56. The van der Waals surface area contributed by atoms with Gasteiger partial charge in [-0.25, -0.2) is 0 Å². The molecule has 0 atom stereocenters. The Bertz CT molecular complexity index is 253. The van der Waals surface area contributed by atoms with Crippen LogP contribution in [0.2, 0.25) is 18.1 Å². The monoisotopic (exact) mass is 192 g/mol. The quantitative estimate of drug-likeness (QED) is 0.337. The van der Waals surface area contributed by atoms with E-state index in [-0.39, 0.29) is 0 Å². The first-order valence-corrected chi connectivity index (χ1v) is 7.61. The molecular weight excluding hydrogens is 172 g/mol. The number of hydrogen-bond donors (Lipinski definition) is 0. The number of rotatable bonds is 1. The van der Waals surface area contributed by atoms with Gasteiger partial charge in [0.05, 0.1) is 0 Å². The van der Waals surface area contributed by atoms with Crippen molar-refractivity contribution in [3.63, 3.8) is 0 Å². The second kappa shape index (κ2) is 4.48. The Morgan fingerprint density at radius 3 is 2.15 bits per heavy atom. The minimum absolute atomic E-state index is 0.349. The molecule has 13 heavy (non-hydrogen) atoms. The van der Waals surface area contributed by atoms with Gasteiger partial charge in [0.1, 0.15) is 8.07 Å². The molecule has 0 aliphatic rings. The Hall–Kier alpha value is -0.743. The summed E-state index contributed by atoms with van der Waals surface area (Å²) in [4.78, 5) is 0. The molecule has 1 heteroatoms. The van der Waals surface area contributed by atoms with E-state index in [0.29, 0.717) is 5.04 Å². The van der Waals surface area contributed by atoms with E-state index < -0.39 is 8.07 Å². The Kier molecular flexibility index (Phi) is 4.22. The lowest BCUT2D eigenvalue weighted by molar-refractivity contribution is 0.731. The lowest BCUT2D eigenvalue weighted by atomic mass is 10.2. The van der Waals surface area contributed by atoms with E-state index in [1.165, 1.54) is 0 Å². The molecule has 0 bridgehead atoms. The minimum atomic E-state index is -1.40. The van der Waals surface area contributed by atoms with Crippen LogP contribution in [-0.2, 0) is 0 Å². The van der Waals surface area contributed by atoms with Crippen LogP contribution in [0.15, 0.2) is 24.8 Å². The highest BCUT2D eigenvalue weighted by atomic mass is 28.3. The minimum Gasteiger partial charge on any atom is -0.127 e. The fourth-order valence-corrected chi connectivity index (χ4v) is 1.34. The zero-order valence-corrected chi connectivity index (χ0v) is 10.4. The van der Waals surface area contributed by atoms with E-state index in [1.807, 2.05) is 12.2 Å². The molecule has 0 saturated carbocycles. The highest BCUT2D eigenvalue weighted by Gasteiger charge is 2.33. The van der Waals surface area contributed by atoms with E-state index in [4.69, 9.17) is 0 Å². The molecule has 0 aromatic rings. The lowest BCUT2D eigenvalue weighted by Crippen LogP contribution is -2.35. The maximum Gasteiger partial charge on any atom is 0.138 e. The SMILES string of the molecule is C=C/C=C/C#C[Si](C)(C)C(C)(C)C. The van der Waals surface area contributed by atoms with Gasteiger partial charge in [0.2, 0.25) is 0 Å². The van der Waals surface area contributed by atoms with Gasteiger partial charge in [-0.05, 0) is 11.1 Å². The summed E-state index contributed by atoms with van der Waals surface area (Å²) in [6.07, 6.45) is 5.49. The fourth-order valence-electron chi connectivity index (χ4n) is 0.526. The van der Waals surface area contributed by atoms with Crippen LogP contribution in [0, 0.1) is 11.5 Å². The van der Waals surface area contributed by atoms with Crippen LogP contribution >= 0.6 is 0 Å². The van der Waals surface area contributed by atoms with Crippen molar-refractivity contribution in [2.45, 2.75) is 38.9 Å². The first-order valence-electron chi connectivity index (χ1n) is 4.61. The molecule has 72 valence electrons. The summed E-state index contributed by atoms with van der Waals surface area (Å²) in [5.41, 5.74) is 3.39. The van der Waals surface area contributed by atoms with Crippen molar-refractivity contribution in [3.8, 4) is 11.5 Å². The van der Waals surface area contributed by atoms with Gasteiger partial charge >= 0.3 is 0 Å². The first-order chi connectivity index (χ1) is 5.81. The van der Waals surface area contributed by atoms with Gasteiger partial charge in [-0.2, -0.15) is 0 Å². The van der Waals surface area contributed by atoms with Crippen LogP contribution in [0.1, 0.15) is 20.8 Å². The Labute approximate surface area is 83.8 Å². The summed E-state index contributed by atoms with van der Waals surface area (Å²) < 4.78 is 0. The maximum absolute atomic E-state index is 3.60. The van der Waals surface area contributed by atoms with E-state index in [1.54, 1.807) is 6.08 Å². The van der Waals surface area contributed by atoms with E-state index in [0.717, 1.165) is 0 Å². The van der Waals surface area contributed by atoms with Crippen molar-refractivity contribution in [1.82, 2.24) is 0 Å². The lowest BCUT2D eigenvalue weighted by Gasteiger charge is -2.31. The van der Waals surface area contributed by atoms with Gasteiger partial charge in [-0.3, -0.25) is 0 Å². The second-order valence-corrected chi connectivity index (χ2v) is 9.74. The van der Waals surface area contributed by atoms with Crippen molar-refractivity contribution in [2.75, 3.05) is 0 Å². The first kappa shape index (κ1) is 12.3. The summed E-state index contributed by atoms with van der Waals surface area (Å²) in [6, 6.07) is 0. The molecule has 0 N–H and O–H groups in total. The molecule has 0 aliphatic heterocycles. The van der Waals surface area contributed by atoms with Crippen molar-refractivity contribution in [2.24, 2.45) is 0 Å². The largest absolute Gasteiger partial charge is 0.138 e. The third-order valence-electron chi connectivity index (χ3n) is 2.58. The molecule has 0 unspecified atom stereocenters. The summed E-state index contributed by atoms with van der Waals surface area (Å²) in [6.45, 7) is 15.0. The molecule has 0 saturated heterocycles. The summed E-state index contributed by atoms with van der Waals surface area (Å²) in [7, 11) is -1.40. The van der Waals surface area contributed by atoms with Gasteiger partial charge in [0, 0.05) is 0 Å². The van der Waals surface area contributed by atoms with Crippen molar-refractivity contribution < 1.29 is 0 Å². The topological polar surface area (TPSA) is 0 Å². The molecule has 0 radical (unpaired) electrons. The highest BCUT2D eigenvalue weighted by Crippen LogP contribution is 2.34. The molecule has 0 fully saturated rings. The van der Waals surface area contributed by atoms with Crippen LogP contribution in [0.3, 0.4) is 0 Å². The molecule has 0 aromatic carbocycles. The molecule has 0 rings (SSSR count). The second-order valence-electron chi connectivity index (χ2n) is 4.74. The highest BCUT2D eigenvalue weighted by molar-refractivity contribution is 6.87. The smallest absolute Gasteiger partial charge is 0.127 e. The standard InChI is InChI=1S/C12H20Si/c1-7-8-9-10-11-13(5,6)12(2,3)4/h7-9H,1H2,2-6H3/b9-8+. The summed E-state index contributed by atoms with van der Waals surface area (Å²) in [5, 5.41) is 0.349. The van der Waals surface area contributed by atoms with E-state index in [2.05, 4.69) is 51.9 Å². The van der Waals surface area contributed by atoms with E-state index >= 15 is 0 Å². The molecule has 0 amide bonds. The predicted molar refractivity (Wildman–Crippen MR) is 64.3 cm³/mol. The van der Waals surface area contributed by atoms with Crippen LogP contribution < -0.4 is 0 Å². The van der Waals surface area contributed by atoms with Crippen LogP contribution in [0.25, 0.3) is 0 Å². The van der Waals surface area contributed by atoms with Crippen molar-refractivity contribution in [3.05, 3.63) is 24.8 Å². The third-order valence-corrected chi connectivity index (χ3v) is 7.09. The third kappa shape index (κ3) is 4.14. The maximum atomic E-state index is 3.60. The van der Waals surface area contributed by atoms with Gasteiger partial charge in [-0.1, -0.05) is 58.5 Å². The zero-order chi connectivity index (χ0) is 10.5. The van der Waals surface area contributed by atoms with Gasteiger partial charge in [0.15, 0.2) is 0 Å². The van der Waals surface area contributed by atoms with Gasteiger partial charge in [-0.15, -0.1) is 5.54 Å². The molecule has 0 nitrogen and oxygen atoms in total. The van der Waals surface area contributed by atoms with Gasteiger partial charge < -0.3 is 0 Å². The van der Waals surface area contributed by atoms with Crippen LogP contribution in [0.4, 0.5) is 0 Å². The Morgan fingerprint density at radius 1 is 1.23 bits per heavy atom. The average Bonchev–Trinajstić information content (AvgIpc) is 1.96. The Morgan fingerprint density at radius 2 is 1.77 bits per heavy atom. The summed E-state index contributed by atoms with van der Waals surface area (Å²) >= 11 is 0. The molecule has 0 heterocycles. The number of hydrogen-bond acceptors (Lipinski definition) is 0. The molecule has 0 spiro atoms. The van der Waals surface area contributed by atoms with Crippen LogP contribution in [-0.4, -0.2) is 8.07 Å². The fraction of sp³-hybridized carbons (Fsp3) is 0.500. The van der Waals surface area contributed by atoms with Crippen molar-refractivity contribution >= 4 is 8.07 Å². The van der Waals surface area contributed by atoms with Crippen LogP contribution in [0.5, 0.6) is 0 Å². The zero-order valence-electron chi connectivity index (χ0n) is 9.44. The predicted octanol–water partition coefficient (Wildman–Crippen LogP) is 3.78.